The van der Waals surface area contributed by atoms with E-state index in [4.69, 9.17) is 16.6 Å². The Balaban J connectivity index is 2.07. The van der Waals surface area contributed by atoms with Crippen LogP contribution < -0.4 is 5.69 Å². The van der Waals surface area contributed by atoms with Gasteiger partial charge in [0.2, 0.25) is 0 Å². The summed E-state index contributed by atoms with van der Waals surface area (Å²) in [6.07, 6.45) is 5.73. The summed E-state index contributed by atoms with van der Waals surface area (Å²) in [4.78, 5) is 19.2. The van der Waals surface area contributed by atoms with Crippen LogP contribution in [-0.2, 0) is 7.05 Å². The smallest absolute Gasteiger partial charge is 0.326 e. The van der Waals surface area contributed by atoms with Crippen LogP contribution in [0.5, 0.6) is 0 Å². The van der Waals surface area contributed by atoms with Crippen molar-refractivity contribution in [3.8, 4) is 0 Å². The van der Waals surface area contributed by atoms with Gasteiger partial charge in [0.1, 0.15) is 4.64 Å². The van der Waals surface area contributed by atoms with Crippen molar-refractivity contribution in [3.05, 3.63) is 79.6 Å². The first-order valence-corrected chi connectivity index (χ1v) is 7.99. The van der Waals surface area contributed by atoms with Gasteiger partial charge in [0.05, 0.1) is 11.6 Å². The normalized spacial score (nSPS) is 15.7. The zero-order valence-corrected chi connectivity index (χ0v) is 14.1. The highest BCUT2D eigenvalue weighted by Crippen LogP contribution is 2.38. The predicted molar refractivity (Wildman–Crippen MR) is 94.4 cm³/mol. The molecule has 0 radical (unpaired) electrons. The number of benzene rings is 1. The molecular formula is C18H15N3O2S. The molecule has 6 heteroatoms. The number of nitrogens with zero attached hydrogens (tertiary/aromatic N) is 2. The number of aromatic amines is 1. The Labute approximate surface area is 143 Å². The summed E-state index contributed by atoms with van der Waals surface area (Å²) in [5.74, 6) is 1.13. The molecule has 5 nitrogen and oxygen atoms in total. The molecule has 0 amide bonds. The number of hydrogen-bond donors (Lipinski definition) is 1. The maximum absolute atomic E-state index is 11.8. The highest BCUT2D eigenvalue weighted by Gasteiger charge is 2.28. The zero-order chi connectivity index (χ0) is 16.8. The van der Waals surface area contributed by atoms with E-state index in [1.54, 1.807) is 13.2 Å². The second kappa shape index (κ2) is 5.42. The van der Waals surface area contributed by atoms with Gasteiger partial charge < -0.3 is 8.98 Å². The summed E-state index contributed by atoms with van der Waals surface area (Å²) < 4.78 is 7.67. The molecule has 24 heavy (non-hydrogen) atoms. The van der Waals surface area contributed by atoms with E-state index in [2.05, 4.69) is 16.0 Å². The largest absolute Gasteiger partial charge is 0.441 e. The lowest BCUT2D eigenvalue weighted by molar-refractivity contribution is 0.512. The molecule has 0 fully saturated rings. The van der Waals surface area contributed by atoms with Gasteiger partial charge in [0.25, 0.3) is 0 Å². The molecule has 2 heterocycles. The van der Waals surface area contributed by atoms with Gasteiger partial charge >= 0.3 is 5.69 Å². The van der Waals surface area contributed by atoms with Gasteiger partial charge in [-0.05, 0) is 17.2 Å². The number of hydrogen-bond acceptors (Lipinski definition) is 4. The zero-order valence-electron chi connectivity index (χ0n) is 13.2. The number of fused-ring (bicyclic) bond motifs is 2. The van der Waals surface area contributed by atoms with E-state index in [0.29, 0.717) is 10.5 Å². The highest BCUT2D eigenvalue weighted by molar-refractivity contribution is 7.71. The third kappa shape index (κ3) is 2.27. The van der Waals surface area contributed by atoms with Crippen molar-refractivity contribution < 1.29 is 4.42 Å². The first-order valence-electron chi connectivity index (χ1n) is 7.59. The predicted octanol–water partition coefficient (Wildman–Crippen LogP) is 3.40. The van der Waals surface area contributed by atoms with E-state index in [-0.39, 0.29) is 11.6 Å². The highest BCUT2D eigenvalue weighted by atomic mass is 32.1. The number of oxazole rings is 1. The Hall–Kier alpha value is -2.73. The molecule has 0 bridgehead atoms. The molecular weight excluding hydrogens is 322 g/mol. The number of aryl methyl sites for hydroxylation is 2. The molecule has 1 aliphatic rings. The SMILES string of the molecule is Cc1nc2c(o1)C=Cc1ccccc1C2c1cn(C)c(=O)[nH]c1=S. The van der Waals surface area contributed by atoms with E-state index in [1.165, 1.54) is 4.57 Å². The third-order valence-corrected chi connectivity index (χ3v) is 4.57. The quantitative estimate of drug-likeness (QED) is 0.541. The molecule has 3 aromatic rings. The van der Waals surface area contributed by atoms with Crippen LogP contribution in [0, 0.1) is 11.6 Å². The van der Waals surface area contributed by atoms with E-state index >= 15 is 0 Å². The van der Waals surface area contributed by atoms with Gasteiger partial charge in [-0.25, -0.2) is 9.78 Å². The lowest BCUT2D eigenvalue weighted by Crippen LogP contribution is -2.22. The fourth-order valence-electron chi connectivity index (χ4n) is 3.13. The van der Waals surface area contributed by atoms with Gasteiger partial charge in [-0.1, -0.05) is 42.6 Å². The Kier molecular flexibility index (Phi) is 3.35. The topological polar surface area (TPSA) is 63.8 Å². The van der Waals surface area contributed by atoms with Crippen LogP contribution in [-0.4, -0.2) is 14.5 Å². The maximum atomic E-state index is 11.8. The second-order valence-electron chi connectivity index (χ2n) is 5.83. The molecule has 0 saturated carbocycles. The second-order valence-corrected chi connectivity index (χ2v) is 6.24. The van der Waals surface area contributed by atoms with Crippen LogP contribution >= 0.6 is 12.2 Å². The van der Waals surface area contributed by atoms with E-state index in [1.807, 2.05) is 37.3 Å². The average molecular weight is 337 g/mol. The molecule has 1 atom stereocenters. The van der Waals surface area contributed by atoms with E-state index in [0.717, 1.165) is 28.1 Å². The van der Waals surface area contributed by atoms with Crippen LogP contribution in [0.15, 0.2) is 39.7 Å². The molecule has 1 unspecified atom stereocenters. The molecule has 120 valence electrons. The summed E-state index contributed by atoms with van der Waals surface area (Å²) in [6, 6.07) is 8.09. The minimum atomic E-state index is -0.236. The number of aromatic nitrogens is 3. The molecule has 0 aliphatic heterocycles. The van der Waals surface area contributed by atoms with Crippen molar-refractivity contribution in [1.29, 1.82) is 0 Å². The molecule has 4 rings (SSSR count). The standard InChI is InChI=1S/C18H15N3O2S/c1-10-19-16-14(23-10)8-7-11-5-3-4-6-12(11)15(16)13-9-21(2)18(22)20-17(13)24/h3-9,15H,1-2H3,(H,20,22,24). The van der Waals surface area contributed by atoms with Crippen LogP contribution in [0.2, 0.25) is 0 Å². The molecule has 1 aromatic carbocycles. The molecule has 0 saturated heterocycles. The van der Waals surface area contributed by atoms with Crippen LogP contribution in [0.25, 0.3) is 12.2 Å². The first-order chi connectivity index (χ1) is 11.5. The fourth-order valence-corrected chi connectivity index (χ4v) is 3.39. The number of H-pyrrole nitrogens is 1. The lowest BCUT2D eigenvalue weighted by Gasteiger charge is -2.18. The summed E-state index contributed by atoms with van der Waals surface area (Å²) in [5.41, 5.74) is 3.57. The Morgan fingerprint density at radius 3 is 2.88 bits per heavy atom. The lowest BCUT2D eigenvalue weighted by atomic mass is 9.87. The van der Waals surface area contributed by atoms with E-state index in [9.17, 15) is 4.79 Å². The maximum Gasteiger partial charge on any atom is 0.326 e. The minimum absolute atomic E-state index is 0.195. The van der Waals surface area contributed by atoms with Crippen LogP contribution in [0.4, 0.5) is 0 Å². The molecule has 2 aromatic heterocycles. The summed E-state index contributed by atoms with van der Waals surface area (Å²) in [7, 11) is 1.70. The molecule has 0 spiro atoms. The Bertz CT molecular complexity index is 1090. The van der Waals surface area contributed by atoms with E-state index < -0.39 is 0 Å². The van der Waals surface area contributed by atoms with Crippen LogP contribution in [0.3, 0.4) is 0 Å². The van der Waals surface area contributed by atoms with Gasteiger partial charge in [0.15, 0.2) is 11.7 Å². The number of rotatable bonds is 1. The number of nitrogens with one attached hydrogen (secondary N) is 1. The van der Waals surface area contributed by atoms with Crippen molar-refractivity contribution in [3.63, 3.8) is 0 Å². The van der Waals surface area contributed by atoms with Crippen molar-refractivity contribution in [2.75, 3.05) is 0 Å². The first kappa shape index (κ1) is 14.8. The van der Waals surface area contributed by atoms with Crippen molar-refractivity contribution >= 4 is 24.4 Å². The summed E-state index contributed by atoms with van der Waals surface area (Å²) in [6.45, 7) is 1.83. The minimum Gasteiger partial charge on any atom is -0.441 e. The van der Waals surface area contributed by atoms with Crippen molar-refractivity contribution in [2.45, 2.75) is 12.8 Å². The Morgan fingerprint density at radius 1 is 1.25 bits per heavy atom. The Morgan fingerprint density at radius 2 is 2.04 bits per heavy atom. The van der Waals surface area contributed by atoms with Gasteiger partial charge in [-0.3, -0.25) is 4.98 Å². The summed E-state index contributed by atoms with van der Waals surface area (Å²) in [5, 5.41) is 0. The van der Waals surface area contributed by atoms with Gasteiger partial charge in [-0.2, -0.15) is 0 Å². The van der Waals surface area contributed by atoms with Gasteiger partial charge in [-0.15, -0.1) is 0 Å². The monoisotopic (exact) mass is 337 g/mol. The molecule has 1 N–H and O–H groups in total. The van der Waals surface area contributed by atoms with Gasteiger partial charge in [0, 0.05) is 25.7 Å². The third-order valence-electron chi connectivity index (χ3n) is 4.23. The summed E-state index contributed by atoms with van der Waals surface area (Å²) >= 11 is 5.44. The molecule has 1 aliphatic carbocycles. The van der Waals surface area contributed by atoms with Crippen molar-refractivity contribution in [2.24, 2.45) is 7.05 Å². The fraction of sp³-hybridized carbons (Fsp3) is 0.167. The van der Waals surface area contributed by atoms with Crippen LogP contribution in [0.1, 0.15) is 40.0 Å². The average Bonchev–Trinajstić information content (AvgIpc) is 2.85. The van der Waals surface area contributed by atoms with Crippen molar-refractivity contribution in [1.82, 2.24) is 14.5 Å².